The molecule has 1 aromatic rings. The Morgan fingerprint density at radius 2 is 2.28 bits per heavy atom. The van der Waals surface area contributed by atoms with E-state index in [9.17, 15) is 9.59 Å². The molecule has 0 bridgehead atoms. The quantitative estimate of drug-likeness (QED) is 0.782. The van der Waals surface area contributed by atoms with Crippen LogP contribution in [0.25, 0.3) is 0 Å². The summed E-state index contributed by atoms with van der Waals surface area (Å²) in [6.07, 6.45) is 0.166. The van der Waals surface area contributed by atoms with Crippen molar-refractivity contribution in [3.05, 3.63) is 27.7 Å². The van der Waals surface area contributed by atoms with Gasteiger partial charge in [-0.3, -0.25) is 9.59 Å². The molecule has 0 spiro atoms. The number of methoxy groups -OCH3 is 1. The van der Waals surface area contributed by atoms with Crippen LogP contribution in [0.1, 0.15) is 6.42 Å². The molecule has 0 radical (unpaired) electrons. The zero-order valence-corrected chi connectivity index (χ0v) is 12.0. The molecule has 1 fully saturated rings. The third-order valence-electron chi connectivity index (χ3n) is 2.86. The summed E-state index contributed by atoms with van der Waals surface area (Å²) in [5, 5.41) is 0.475. The number of esters is 1. The molecule has 1 amide bonds. The standard InChI is InChI=1S/C12H11BrClNO3/c1-18-12(17)7-4-11(16)15(6-7)10-3-2-8(13)5-9(10)14/h2-3,5,7H,4,6H2,1H3/t7-/m1/s1. The second-order valence-corrected chi connectivity index (χ2v) is 5.35. The first-order valence-corrected chi connectivity index (χ1v) is 6.53. The first-order valence-electron chi connectivity index (χ1n) is 5.36. The van der Waals surface area contributed by atoms with E-state index in [0.717, 1.165) is 4.47 Å². The van der Waals surface area contributed by atoms with Crippen LogP contribution in [0.5, 0.6) is 0 Å². The van der Waals surface area contributed by atoms with Crippen LogP contribution in [0.3, 0.4) is 0 Å². The van der Waals surface area contributed by atoms with E-state index in [2.05, 4.69) is 20.7 Å². The van der Waals surface area contributed by atoms with Crippen LogP contribution in [0.2, 0.25) is 5.02 Å². The number of ether oxygens (including phenoxy) is 1. The molecular formula is C12H11BrClNO3. The maximum absolute atomic E-state index is 11.9. The first-order chi connectivity index (χ1) is 8.52. The zero-order chi connectivity index (χ0) is 13.3. The third-order valence-corrected chi connectivity index (χ3v) is 3.66. The molecule has 0 saturated carbocycles. The highest BCUT2D eigenvalue weighted by atomic mass is 79.9. The van der Waals surface area contributed by atoms with Crippen molar-refractivity contribution in [2.45, 2.75) is 6.42 Å². The normalized spacial score (nSPS) is 19.2. The topological polar surface area (TPSA) is 46.6 Å². The summed E-state index contributed by atoms with van der Waals surface area (Å²) < 4.78 is 5.50. The smallest absolute Gasteiger partial charge is 0.311 e. The number of benzene rings is 1. The van der Waals surface area contributed by atoms with Crippen molar-refractivity contribution >= 4 is 45.1 Å². The van der Waals surface area contributed by atoms with E-state index < -0.39 is 5.92 Å². The minimum atomic E-state index is -0.415. The van der Waals surface area contributed by atoms with Crippen LogP contribution >= 0.6 is 27.5 Å². The van der Waals surface area contributed by atoms with Gasteiger partial charge in [0.15, 0.2) is 0 Å². The molecule has 0 aromatic heterocycles. The molecule has 1 atom stereocenters. The summed E-state index contributed by atoms with van der Waals surface area (Å²) in [7, 11) is 1.32. The second kappa shape index (κ2) is 5.28. The zero-order valence-electron chi connectivity index (χ0n) is 9.65. The van der Waals surface area contributed by atoms with Crippen LogP contribution < -0.4 is 4.90 Å². The Morgan fingerprint density at radius 1 is 1.56 bits per heavy atom. The average Bonchev–Trinajstić information content (AvgIpc) is 2.70. The largest absolute Gasteiger partial charge is 0.469 e. The van der Waals surface area contributed by atoms with Crippen molar-refractivity contribution in [2.75, 3.05) is 18.6 Å². The van der Waals surface area contributed by atoms with Gasteiger partial charge in [0.25, 0.3) is 0 Å². The lowest BCUT2D eigenvalue weighted by Crippen LogP contribution is -2.26. The van der Waals surface area contributed by atoms with E-state index >= 15 is 0 Å². The van der Waals surface area contributed by atoms with Gasteiger partial charge in [0.2, 0.25) is 5.91 Å². The van der Waals surface area contributed by atoms with Gasteiger partial charge in [-0.15, -0.1) is 0 Å². The van der Waals surface area contributed by atoms with Crippen molar-refractivity contribution < 1.29 is 14.3 Å². The van der Waals surface area contributed by atoms with Crippen LogP contribution in [0, 0.1) is 5.92 Å². The third kappa shape index (κ3) is 2.52. The van der Waals surface area contributed by atoms with Crippen molar-refractivity contribution in [3.63, 3.8) is 0 Å². The van der Waals surface area contributed by atoms with E-state index in [4.69, 9.17) is 11.6 Å². The molecule has 2 rings (SSSR count). The fraction of sp³-hybridized carbons (Fsp3) is 0.333. The lowest BCUT2D eigenvalue weighted by atomic mass is 10.1. The van der Waals surface area contributed by atoms with Gasteiger partial charge in [0, 0.05) is 17.4 Å². The van der Waals surface area contributed by atoms with Crippen molar-refractivity contribution in [1.82, 2.24) is 0 Å². The van der Waals surface area contributed by atoms with E-state index in [-0.39, 0.29) is 18.3 Å². The summed E-state index contributed by atoms with van der Waals surface area (Å²) in [5.41, 5.74) is 0.622. The Hall–Kier alpha value is -1.07. The van der Waals surface area contributed by atoms with Gasteiger partial charge in [-0.25, -0.2) is 0 Å². The molecule has 0 aliphatic carbocycles. The van der Waals surface area contributed by atoms with E-state index in [1.54, 1.807) is 18.2 Å². The molecule has 1 aliphatic heterocycles. The highest BCUT2D eigenvalue weighted by Gasteiger charge is 2.36. The van der Waals surface area contributed by atoms with Gasteiger partial charge >= 0.3 is 5.97 Å². The number of hydrogen-bond donors (Lipinski definition) is 0. The summed E-state index contributed by atoms with van der Waals surface area (Å²) >= 11 is 9.40. The molecule has 1 heterocycles. The predicted octanol–water partition coefficient (Wildman–Crippen LogP) is 2.63. The Balaban J connectivity index is 2.24. The first kappa shape index (κ1) is 13.4. The van der Waals surface area contributed by atoms with Crippen LogP contribution in [-0.2, 0) is 14.3 Å². The highest BCUT2D eigenvalue weighted by Crippen LogP contribution is 2.33. The Morgan fingerprint density at radius 3 is 2.89 bits per heavy atom. The van der Waals surface area contributed by atoms with Gasteiger partial charge in [0.1, 0.15) is 0 Å². The SMILES string of the molecule is COC(=O)[C@@H]1CC(=O)N(c2ccc(Br)cc2Cl)C1. The van der Waals surface area contributed by atoms with Crippen molar-refractivity contribution in [1.29, 1.82) is 0 Å². The van der Waals surface area contributed by atoms with Gasteiger partial charge in [-0.2, -0.15) is 0 Å². The Labute approximate surface area is 118 Å². The minimum absolute atomic E-state index is 0.116. The average molecular weight is 333 g/mol. The lowest BCUT2D eigenvalue weighted by Gasteiger charge is -2.18. The maximum Gasteiger partial charge on any atom is 0.311 e. The molecule has 0 N–H and O–H groups in total. The molecule has 0 unspecified atom stereocenters. The summed E-state index contributed by atoms with van der Waals surface area (Å²) in [4.78, 5) is 24.8. The lowest BCUT2D eigenvalue weighted by molar-refractivity contribution is -0.145. The number of amides is 1. The van der Waals surface area contributed by atoms with Crippen LogP contribution in [0.15, 0.2) is 22.7 Å². The molecule has 6 heteroatoms. The molecule has 1 saturated heterocycles. The number of halogens is 2. The molecule has 96 valence electrons. The van der Waals surface area contributed by atoms with E-state index in [1.165, 1.54) is 12.0 Å². The molecule has 1 aromatic carbocycles. The number of anilines is 1. The molecule has 1 aliphatic rings. The number of nitrogens with zero attached hydrogens (tertiary/aromatic N) is 1. The fourth-order valence-corrected chi connectivity index (χ4v) is 2.74. The molecule has 4 nitrogen and oxygen atoms in total. The van der Waals surface area contributed by atoms with Crippen LogP contribution in [-0.4, -0.2) is 25.5 Å². The van der Waals surface area contributed by atoms with Gasteiger partial charge in [-0.1, -0.05) is 27.5 Å². The van der Waals surface area contributed by atoms with E-state index in [0.29, 0.717) is 17.3 Å². The van der Waals surface area contributed by atoms with Crippen molar-refractivity contribution in [2.24, 2.45) is 5.92 Å². The number of carbonyl (C=O) groups excluding carboxylic acids is 2. The Kier molecular flexibility index (Phi) is 3.92. The highest BCUT2D eigenvalue weighted by molar-refractivity contribution is 9.10. The van der Waals surface area contributed by atoms with E-state index in [1.807, 2.05) is 0 Å². The van der Waals surface area contributed by atoms with Crippen LogP contribution in [0.4, 0.5) is 5.69 Å². The predicted molar refractivity (Wildman–Crippen MR) is 71.6 cm³/mol. The number of hydrogen-bond acceptors (Lipinski definition) is 3. The minimum Gasteiger partial charge on any atom is -0.469 e. The monoisotopic (exact) mass is 331 g/mol. The summed E-state index contributed by atoms with van der Waals surface area (Å²) in [5.74, 6) is -0.893. The molecule has 18 heavy (non-hydrogen) atoms. The number of rotatable bonds is 2. The molecular weight excluding hydrogens is 321 g/mol. The number of carbonyl (C=O) groups is 2. The van der Waals surface area contributed by atoms with Gasteiger partial charge in [-0.05, 0) is 18.2 Å². The second-order valence-electron chi connectivity index (χ2n) is 4.02. The van der Waals surface area contributed by atoms with Gasteiger partial charge in [0.05, 0.1) is 23.7 Å². The van der Waals surface area contributed by atoms with Gasteiger partial charge < -0.3 is 9.64 Å². The van der Waals surface area contributed by atoms with Crippen molar-refractivity contribution in [3.8, 4) is 0 Å². The maximum atomic E-state index is 11.9. The Bertz CT molecular complexity index is 506. The summed E-state index contributed by atoms with van der Waals surface area (Å²) in [6, 6.07) is 5.28. The summed E-state index contributed by atoms with van der Waals surface area (Å²) in [6.45, 7) is 0.312. The fourth-order valence-electron chi connectivity index (χ4n) is 1.97.